The van der Waals surface area contributed by atoms with Gasteiger partial charge in [0.05, 0.1) is 18.7 Å². The fraction of sp³-hybridized carbons (Fsp3) is 0.278. The molecule has 1 aliphatic rings. The van der Waals surface area contributed by atoms with Crippen molar-refractivity contribution in [2.45, 2.75) is 19.1 Å². The number of hydrogen-bond donors (Lipinski definition) is 2. The van der Waals surface area contributed by atoms with Crippen molar-refractivity contribution in [3.63, 3.8) is 0 Å². The number of likely N-dealkylation sites (tertiary alicyclic amines) is 1. The van der Waals surface area contributed by atoms with E-state index >= 15 is 0 Å². The minimum absolute atomic E-state index is 0.0991. The van der Waals surface area contributed by atoms with Gasteiger partial charge in [-0.3, -0.25) is 9.78 Å². The number of β-amino-alcohol motifs (C(OH)–C–C–N with tert-alkyl or cyclic N) is 1. The lowest BCUT2D eigenvalue weighted by Gasteiger charge is -2.17. The number of aromatic nitrogens is 1. The topological polar surface area (TPSA) is 100.0 Å². The highest BCUT2D eigenvalue weighted by molar-refractivity contribution is 5.94. The summed E-state index contributed by atoms with van der Waals surface area (Å²) in [6, 6.07) is 9.60. The van der Waals surface area contributed by atoms with Crippen LogP contribution in [-0.4, -0.2) is 57.3 Å². The normalized spacial score (nSPS) is 19.7. The maximum absolute atomic E-state index is 12.6. The fourth-order valence-electron chi connectivity index (χ4n) is 2.78. The van der Waals surface area contributed by atoms with Gasteiger partial charge in [0.15, 0.2) is 0 Å². The zero-order valence-corrected chi connectivity index (χ0v) is 13.6. The largest absolute Gasteiger partial charge is 0.486 e. The third-order valence-electron chi connectivity index (χ3n) is 4.10. The number of carboxylic acid groups (broad SMARTS) is 1. The van der Waals surface area contributed by atoms with Crippen LogP contribution in [0.3, 0.4) is 0 Å². The van der Waals surface area contributed by atoms with Crippen molar-refractivity contribution in [3.8, 4) is 5.75 Å². The number of carbonyl (C=O) groups excluding carboxylic acids is 1. The highest BCUT2D eigenvalue weighted by Gasteiger charge is 2.36. The number of aliphatic hydroxyl groups excluding tert-OH is 1. The number of rotatable bonds is 4. The van der Waals surface area contributed by atoms with Crippen LogP contribution in [0, 0.1) is 6.92 Å². The average Bonchev–Trinajstić information content (AvgIpc) is 2.96. The van der Waals surface area contributed by atoms with E-state index in [2.05, 4.69) is 4.98 Å². The van der Waals surface area contributed by atoms with Gasteiger partial charge in [-0.05, 0) is 36.8 Å². The minimum Gasteiger partial charge on any atom is -0.486 e. The van der Waals surface area contributed by atoms with E-state index in [-0.39, 0.29) is 24.6 Å². The van der Waals surface area contributed by atoms with Crippen LogP contribution < -0.4 is 4.74 Å². The molecule has 0 unspecified atom stereocenters. The van der Waals surface area contributed by atoms with Gasteiger partial charge >= 0.3 is 5.97 Å². The standard InChI is InChI=1S/C18H18N2O5/c1-11-4-3-7-19-16(11)17(22)20-9-14(21)15(10-20)25-13-6-2-5-12(8-13)18(23)24/h2-8,14-15,21H,9-10H2,1H3,(H,23,24)/t14-,15-/m1/s1. The van der Waals surface area contributed by atoms with E-state index in [1.807, 2.05) is 0 Å². The SMILES string of the molecule is Cc1cccnc1C(=O)N1C[C@@H](O)[C@H](Oc2cccc(C(=O)O)c2)C1. The molecule has 1 aliphatic heterocycles. The number of benzene rings is 1. The Kier molecular flexibility index (Phi) is 4.67. The average molecular weight is 342 g/mol. The van der Waals surface area contributed by atoms with Crippen molar-refractivity contribution in [1.82, 2.24) is 9.88 Å². The van der Waals surface area contributed by atoms with Crippen LogP contribution in [0.5, 0.6) is 5.75 Å². The van der Waals surface area contributed by atoms with E-state index in [0.29, 0.717) is 11.4 Å². The molecule has 1 amide bonds. The van der Waals surface area contributed by atoms with Gasteiger partial charge in [0.2, 0.25) is 0 Å². The number of aliphatic hydroxyl groups is 1. The molecule has 2 aromatic rings. The summed E-state index contributed by atoms with van der Waals surface area (Å²) in [4.78, 5) is 29.2. The van der Waals surface area contributed by atoms with Crippen LogP contribution in [0.25, 0.3) is 0 Å². The number of nitrogens with zero attached hydrogens (tertiary/aromatic N) is 2. The Morgan fingerprint density at radius 1 is 1.24 bits per heavy atom. The molecule has 1 fully saturated rings. The first-order valence-electron chi connectivity index (χ1n) is 7.84. The summed E-state index contributed by atoms with van der Waals surface area (Å²) in [5, 5.41) is 19.2. The number of aryl methyl sites for hydroxylation is 1. The molecular formula is C18H18N2O5. The van der Waals surface area contributed by atoms with Gasteiger partial charge in [0.25, 0.3) is 5.91 Å². The van der Waals surface area contributed by atoms with E-state index in [1.165, 1.54) is 17.0 Å². The molecule has 0 saturated carbocycles. The Hall–Kier alpha value is -2.93. The van der Waals surface area contributed by atoms with Crippen molar-refractivity contribution < 1.29 is 24.5 Å². The first kappa shape index (κ1) is 16.9. The van der Waals surface area contributed by atoms with E-state index < -0.39 is 18.2 Å². The number of hydrogen-bond acceptors (Lipinski definition) is 5. The number of amides is 1. The molecule has 25 heavy (non-hydrogen) atoms. The highest BCUT2D eigenvalue weighted by atomic mass is 16.5. The summed E-state index contributed by atoms with van der Waals surface area (Å²) in [6.45, 7) is 2.14. The molecule has 2 atom stereocenters. The first-order chi connectivity index (χ1) is 12.0. The van der Waals surface area contributed by atoms with E-state index in [0.717, 1.165) is 5.56 Å². The summed E-state index contributed by atoms with van der Waals surface area (Å²) >= 11 is 0. The van der Waals surface area contributed by atoms with Gasteiger partial charge in [-0.25, -0.2) is 4.79 Å². The van der Waals surface area contributed by atoms with Crippen molar-refractivity contribution in [2.75, 3.05) is 13.1 Å². The molecule has 1 aromatic heterocycles. The van der Waals surface area contributed by atoms with Gasteiger partial charge in [0, 0.05) is 6.20 Å². The van der Waals surface area contributed by atoms with Gasteiger partial charge in [-0.15, -0.1) is 0 Å². The molecule has 0 aliphatic carbocycles. The molecule has 7 nitrogen and oxygen atoms in total. The summed E-state index contributed by atoms with van der Waals surface area (Å²) in [6.07, 6.45) is 0.0662. The predicted molar refractivity (Wildman–Crippen MR) is 88.7 cm³/mol. The molecule has 0 bridgehead atoms. The summed E-state index contributed by atoms with van der Waals surface area (Å²) < 4.78 is 5.70. The molecule has 0 radical (unpaired) electrons. The van der Waals surface area contributed by atoms with Gasteiger partial charge < -0.3 is 19.8 Å². The number of pyridine rings is 1. The zero-order chi connectivity index (χ0) is 18.0. The second-order valence-corrected chi connectivity index (χ2v) is 5.94. The maximum atomic E-state index is 12.6. The third-order valence-corrected chi connectivity index (χ3v) is 4.10. The Morgan fingerprint density at radius 2 is 2.04 bits per heavy atom. The minimum atomic E-state index is -1.06. The summed E-state index contributed by atoms with van der Waals surface area (Å²) in [7, 11) is 0. The first-order valence-corrected chi connectivity index (χ1v) is 7.84. The second kappa shape index (κ2) is 6.90. The predicted octanol–water partition coefficient (Wildman–Crippen LogP) is 1.35. The Balaban J connectivity index is 1.71. The number of carboxylic acids is 1. The lowest BCUT2D eigenvalue weighted by Crippen LogP contribution is -2.32. The van der Waals surface area contributed by atoms with Crippen LogP contribution in [0.4, 0.5) is 0 Å². The smallest absolute Gasteiger partial charge is 0.335 e. The van der Waals surface area contributed by atoms with Crippen LogP contribution in [0.2, 0.25) is 0 Å². The third kappa shape index (κ3) is 3.61. The van der Waals surface area contributed by atoms with Crippen LogP contribution >= 0.6 is 0 Å². The number of aromatic carboxylic acids is 1. The van der Waals surface area contributed by atoms with Gasteiger partial charge in [-0.2, -0.15) is 0 Å². The molecule has 1 aromatic carbocycles. The Bertz CT molecular complexity index is 808. The summed E-state index contributed by atoms with van der Waals surface area (Å²) in [5.74, 6) is -0.977. The van der Waals surface area contributed by atoms with E-state index in [4.69, 9.17) is 9.84 Å². The Labute approximate surface area is 144 Å². The zero-order valence-electron chi connectivity index (χ0n) is 13.6. The lowest BCUT2D eigenvalue weighted by molar-refractivity contribution is 0.0686. The molecule has 130 valence electrons. The van der Waals surface area contributed by atoms with E-state index in [9.17, 15) is 14.7 Å². The van der Waals surface area contributed by atoms with Crippen molar-refractivity contribution >= 4 is 11.9 Å². The quantitative estimate of drug-likeness (QED) is 0.870. The molecule has 1 saturated heterocycles. The molecule has 2 heterocycles. The van der Waals surface area contributed by atoms with Crippen molar-refractivity contribution in [1.29, 1.82) is 0 Å². The Morgan fingerprint density at radius 3 is 2.76 bits per heavy atom. The number of ether oxygens (including phenoxy) is 1. The number of carbonyl (C=O) groups is 2. The fourth-order valence-corrected chi connectivity index (χ4v) is 2.78. The van der Waals surface area contributed by atoms with Crippen LogP contribution in [0.1, 0.15) is 26.4 Å². The lowest BCUT2D eigenvalue weighted by atomic mass is 10.2. The maximum Gasteiger partial charge on any atom is 0.335 e. The van der Waals surface area contributed by atoms with Gasteiger partial charge in [0.1, 0.15) is 23.7 Å². The molecule has 0 spiro atoms. The van der Waals surface area contributed by atoms with Gasteiger partial charge in [-0.1, -0.05) is 12.1 Å². The summed E-state index contributed by atoms with van der Waals surface area (Å²) in [5.41, 5.74) is 1.21. The second-order valence-electron chi connectivity index (χ2n) is 5.94. The molecule has 3 rings (SSSR count). The molecule has 7 heteroatoms. The van der Waals surface area contributed by atoms with Crippen LogP contribution in [0.15, 0.2) is 42.6 Å². The molecular weight excluding hydrogens is 324 g/mol. The highest BCUT2D eigenvalue weighted by Crippen LogP contribution is 2.21. The van der Waals surface area contributed by atoms with Crippen molar-refractivity contribution in [2.24, 2.45) is 0 Å². The monoisotopic (exact) mass is 342 g/mol. The molecule has 2 N–H and O–H groups in total. The van der Waals surface area contributed by atoms with Crippen LogP contribution in [-0.2, 0) is 0 Å². The van der Waals surface area contributed by atoms with Crippen molar-refractivity contribution in [3.05, 3.63) is 59.4 Å². The van der Waals surface area contributed by atoms with E-state index in [1.54, 1.807) is 37.4 Å².